The van der Waals surface area contributed by atoms with Crippen LogP contribution in [0.3, 0.4) is 0 Å². The molecule has 1 atom stereocenters. The molecule has 2 nitrogen and oxygen atoms in total. The first-order valence-electron chi connectivity index (χ1n) is 5.62. The van der Waals surface area contributed by atoms with E-state index in [9.17, 15) is 9.18 Å². The lowest BCUT2D eigenvalue weighted by molar-refractivity contribution is -0.136. The molecule has 0 amide bonds. The highest BCUT2D eigenvalue weighted by atomic mass is 79.9. The lowest BCUT2D eigenvalue weighted by atomic mass is 9.92. The first-order valence-corrected chi connectivity index (χ1v) is 6.42. The summed E-state index contributed by atoms with van der Waals surface area (Å²) in [5.74, 6) is -0.252. The van der Waals surface area contributed by atoms with Gasteiger partial charge in [-0.1, -0.05) is 6.07 Å². The maximum Gasteiger partial charge on any atom is 0.168 e. The Balaban J connectivity index is 2.10. The van der Waals surface area contributed by atoms with Gasteiger partial charge in [0.2, 0.25) is 0 Å². The smallest absolute Gasteiger partial charge is 0.168 e. The number of benzene rings is 1. The van der Waals surface area contributed by atoms with Crippen molar-refractivity contribution in [1.82, 2.24) is 0 Å². The summed E-state index contributed by atoms with van der Waals surface area (Å²) in [6, 6.07) is 4.65. The number of ether oxygens (including phenoxy) is 1. The van der Waals surface area contributed by atoms with Crippen LogP contribution in [0.5, 0.6) is 0 Å². The molecule has 1 heterocycles. The van der Waals surface area contributed by atoms with Crippen molar-refractivity contribution in [3.8, 4) is 0 Å². The summed E-state index contributed by atoms with van der Waals surface area (Å²) in [6.45, 7) is 2.48. The van der Waals surface area contributed by atoms with Crippen LogP contribution >= 0.6 is 15.9 Å². The van der Waals surface area contributed by atoms with E-state index in [1.807, 2.05) is 6.92 Å². The third-order valence-corrected chi connectivity index (χ3v) is 3.77. The second kappa shape index (κ2) is 4.86. The minimum absolute atomic E-state index is 0.0634. The van der Waals surface area contributed by atoms with Crippen molar-refractivity contribution in [3.05, 3.63) is 34.1 Å². The molecule has 2 rings (SSSR count). The number of ketones is 1. The number of carbonyl (C=O) groups excluding carboxylic acids is 1. The number of Topliss-reactive ketones (excluding diaryl/α,β-unsaturated/α-hetero) is 1. The molecule has 0 saturated carbocycles. The van der Waals surface area contributed by atoms with Gasteiger partial charge in [-0.15, -0.1) is 0 Å². The standard InChI is InChI=1S/C13H14BrFO2/c1-13(5-2-6-17-13)12(16)8-9-3-4-11(15)10(14)7-9/h3-4,7H,2,5-6,8H2,1H3. The van der Waals surface area contributed by atoms with Gasteiger partial charge in [0.05, 0.1) is 4.47 Å². The number of hydrogen-bond donors (Lipinski definition) is 0. The van der Waals surface area contributed by atoms with Gasteiger partial charge in [-0.2, -0.15) is 0 Å². The van der Waals surface area contributed by atoms with Crippen molar-refractivity contribution in [2.75, 3.05) is 6.61 Å². The van der Waals surface area contributed by atoms with Crippen LogP contribution in [0.2, 0.25) is 0 Å². The van der Waals surface area contributed by atoms with Gasteiger partial charge >= 0.3 is 0 Å². The van der Waals surface area contributed by atoms with Crippen molar-refractivity contribution in [1.29, 1.82) is 0 Å². The fourth-order valence-electron chi connectivity index (χ4n) is 2.02. The largest absolute Gasteiger partial charge is 0.367 e. The maximum absolute atomic E-state index is 13.1. The van der Waals surface area contributed by atoms with E-state index in [-0.39, 0.29) is 18.0 Å². The van der Waals surface area contributed by atoms with Crippen molar-refractivity contribution in [2.45, 2.75) is 31.8 Å². The van der Waals surface area contributed by atoms with Gasteiger partial charge in [-0.25, -0.2) is 4.39 Å². The van der Waals surface area contributed by atoms with E-state index in [4.69, 9.17) is 4.74 Å². The predicted octanol–water partition coefficient (Wildman–Crippen LogP) is 3.27. The average Bonchev–Trinajstić information content (AvgIpc) is 2.72. The van der Waals surface area contributed by atoms with Crippen LogP contribution in [-0.2, 0) is 16.0 Å². The number of rotatable bonds is 3. The molecule has 1 unspecified atom stereocenters. The van der Waals surface area contributed by atoms with Crippen molar-refractivity contribution in [2.24, 2.45) is 0 Å². The summed E-state index contributed by atoms with van der Waals surface area (Å²) in [5, 5.41) is 0. The van der Waals surface area contributed by atoms with Crippen LogP contribution in [0.15, 0.2) is 22.7 Å². The molecule has 0 bridgehead atoms. The number of hydrogen-bond acceptors (Lipinski definition) is 2. The molecule has 1 aliphatic heterocycles. The molecule has 0 aliphatic carbocycles. The summed E-state index contributed by atoms with van der Waals surface area (Å²) in [4.78, 5) is 12.1. The second-order valence-electron chi connectivity index (χ2n) is 4.53. The van der Waals surface area contributed by atoms with E-state index >= 15 is 0 Å². The van der Waals surface area contributed by atoms with Gasteiger partial charge in [0.25, 0.3) is 0 Å². The Labute approximate surface area is 108 Å². The molecule has 1 aromatic carbocycles. The van der Waals surface area contributed by atoms with Crippen LogP contribution in [0.4, 0.5) is 4.39 Å². The normalized spacial score (nSPS) is 23.9. The molecule has 1 saturated heterocycles. The van der Waals surface area contributed by atoms with E-state index < -0.39 is 5.60 Å². The van der Waals surface area contributed by atoms with Gasteiger partial charge in [-0.3, -0.25) is 4.79 Å². The Kier molecular flexibility index (Phi) is 3.64. The fourth-order valence-corrected chi connectivity index (χ4v) is 2.45. The highest BCUT2D eigenvalue weighted by Crippen LogP contribution is 2.28. The molecule has 1 aromatic rings. The summed E-state index contributed by atoms with van der Waals surface area (Å²) >= 11 is 3.12. The average molecular weight is 301 g/mol. The molecule has 17 heavy (non-hydrogen) atoms. The van der Waals surface area contributed by atoms with Gasteiger partial charge in [0.1, 0.15) is 11.4 Å². The zero-order valence-electron chi connectivity index (χ0n) is 9.63. The monoisotopic (exact) mass is 300 g/mol. The van der Waals surface area contributed by atoms with E-state index in [0.717, 1.165) is 18.4 Å². The minimum Gasteiger partial charge on any atom is -0.367 e. The maximum atomic E-state index is 13.1. The van der Waals surface area contributed by atoms with E-state index in [0.29, 0.717) is 11.1 Å². The van der Waals surface area contributed by atoms with Gasteiger partial charge in [0, 0.05) is 13.0 Å². The molecule has 1 aliphatic rings. The molecule has 0 aromatic heterocycles. The molecule has 0 spiro atoms. The van der Waals surface area contributed by atoms with Crippen LogP contribution in [0.1, 0.15) is 25.3 Å². The van der Waals surface area contributed by atoms with E-state index in [1.165, 1.54) is 6.07 Å². The highest BCUT2D eigenvalue weighted by Gasteiger charge is 2.36. The molecule has 4 heteroatoms. The van der Waals surface area contributed by atoms with Gasteiger partial charge in [0.15, 0.2) is 5.78 Å². The van der Waals surface area contributed by atoms with E-state index in [2.05, 4.69) is 15.9 Å². The first kappa shape index (κ1) is 12.7. The summed E-state index contributed by atoms with van der Waals surface area (Å²) in [7, 11) is 0. The minimum atomic E-state index is -0.652. The third-order valence-electron chi connectivity index (χ3n) is 3.16. The molecule has 0 radical (unpaired) electrons. The molecular weight excluding hydrogens is 287 g/mol. The second-order valence-corrected chi connectivity index (χ2v) is 5.39. The third kappa shape index (κ3) is 2.75. The van der Waals surface area contributed by atoms with Crippen molar-refractivity contribution >= 4 is 21.7 Å². The predicted molar refractivity (Wildman–Crippen MR) is 66.4 cm³/mol. The van der Waals surface area contributed by atoms with Crippen LogP contribution in [-0.4, -0.2) is 18.0 Å². The first-order chi connectivity index (χ1) is 8.01. The SMILES string of the molecule is CC1(C(=O)Cc2ccc(F)c(Br)c2)CCCO1. The Hall–Kier alpha value is -0.740. The Morgan fingerprint density at radius 1 is 1.59 bits per heavy atom. The van der Waals surface area contributed by atoms with Crippen LogP contribution in [0.25, 0.3) is 0 Å². The lowest BCUT2D eigenvalue weighted by Gasteiger charge is -2.21. The van der Waals surface area contributed by atoms with Gasteiger partial charge < -0.3 is 4.74 Å². The molecule has 92 valence electrons. The Morgan fingerprint density at radius 3 is 2.94 bits per heavy atom. The zero-order valence-corrected chi connectivity index (χ0v) is 11.2. The highest BCUT2D eigenvalue weighted by molar-refractivity contribution is 9.10. The quantitative estimate of drug-likeness (QED) is 0.856. The fraction of sp³-hybridized carbons (Fsp3) is 0.462. The summed E-state index contributed by atoms with van der Waals surface area (Å²) in [5.41, 5.74) is 0.154. The van der Waals surface area contributed by atoms with E-state index in [1.54, 1.807) is 12.1 Å². The lowest BCUT2D eigenvalue weighted by Crippen LogP contribution is -2.35. The van der Waals surface area contributed by atoms with Crippen LogP contribution < -0.4 is 0 Å². The number of carbonyl (C=O) groups is 1. The summed E-state index contributed by atoms with van der Waals surface area (Å²) in [6.07, 6.45) is 1.99. The van der Waals surface area contributed by atoms with Gasteiger partial charge in [-0.05, 0) is 53.4 Å². The molecule has 0 N–H and O–H groups in total. The van der Waals surface area contributed by atoms with Crippen molar-refractivity contribution < 1.29 is 13.9 Å². The molecule has 1 fully saturated rings. The zero-order chi connectivity index (χ0) is 12.5. The summed E-state index contributed by atoms with van der Waals surface area (Å²) < 4.78 is 18.9. The Morgan fingerprint density at radius 2 is 2.35 bits per heavy atom. The Bertz CT molecular complexity index is 439. The van der Waals surface area contributed by atoms with Crippen LogP contribution in [0, 0.1) is 5.82 Å². The molecular formula is C13H14BrFO2. The number of halogens is 2. The topological polar surface area (TPSA) is 26.3 Å². The van der Waals surface area contributed by atoms with Crippen molar-refractivity contribution in [3.63, 3.8) is 0 Å².